The SMILES string of the molecule is OCC[N+]1(Cc2ccccc2)CCCCC1. The van der Waals surface area contributed by atoms with Crippen LogP contribution in [0.4, 0.5) is 0 Å². The lowest BCUT2D eigenvalue weighted by Gasteiger charge is -2.41. The molecule has 0 radical (unpaired) electrons. The van der Waals surface area contributed by atoms with E-state index in [9.17, 15) is 5.11 Å². The highest BCUT2D eigenvalue weighted by Gasteiger charge is 2.29. The second-order valence-corrected chi connectivity index (χ2v) is 4.94. The molecular formula is C14H22NO+. The van der Waals surface area contributed by atoms with Crippen LogP contribution in [0.1, 0.15) is 24.8 Å². The fraction of sp³-hybridized carbons (Fsp3) is 0.571. The molecule has 1 saturated heterocycles. The smallest absolute Gasteiger partial charge is 0.104 e. The van der Waals surface area contributed by atoms with Gasteiger partial charge >= 0.3 is 0 Å². The zero-order valence-corrected chi connectivity index (χ0v) is 9.94. The Morgan fingerprint density at radius 2 is 1.69 bits per heavy atom. The molecule has 2 nitrogen and oxygen atoms in total. The van der Waals surface area contributed by atoms with Crippen LogP contribution in [0.2, 0.25) is 0 Å². The molecule has 1 aliphatic rings. The van der Waals surface area contributed by atoms with Crippen LogP contribution in [0.15, 0.2) is 30.3 Å². The van der Waals surface area contributed by atoms with E-state index in [1.165, 1.54) is 37.9 Å². The van der Waals surface area contributed by atoms with Crippen LogP contribution in [0.3, 0.4) is 0 Å². The number of aliphatic hydroxyl groups excluding tert-OH is 1. The molecule has 2 rings (SSSR count). The molecule has 0 amide bonds. The number of rotatable bonds is 4. The molecule has 1 aromatic carbocycles. The maximum atomic E-state index is 9.25. The van der Waals surface area contributed by atoms with E-state index in [0.29, 0.717) is 6.61 Å². The summed E-state index contributed by atoms with van der Waals surface area (Å²) in [4.78, 5) is 0. The van der Waals surface area contributed by atoms with Crippen LogP contribution in [0.25, 0.3) is 0 Å². The third kappa shape index (κ3) is 2.83. The Kier molecular flexibility index (Phi) is 3.97. The molecule has 0 aliphatic carbocycles. The molecule has 0 atom stereocenters. The number of aliphatic hydroxyl groups is 1. The van der Waals surface area contributed by atoms with Crippen LogP contribution in [-0.2, 0) is 6.54 Å². The number of quaternary nitrogens is 1. The summed E-state index contributed by atoms with van der Waals surface area (Å²) in [6.45, 7) is 4.77. The van der Waals surface area contributed by atoms with E-state index in [2.05, 4.69) is 30.3 Å². The molecule has 1 aromatic rings. The fourth-order valence-corrected chi connectivity index (χ4v) is 2.83. The summed E-state index contributed by atoms with van der Waals surface area (Å²) in [5, 5.41) is 9.25. The third-order valence-electron chi connectivity index (χ3n) is 3.70. The van der Waals surface area contributed by atoms with Gasteiger partial charge in [0.25, 0.3) is 0 Å². The van der Waals surface area contributed by atoms with Crippen LogP contribution in [-0.4, -0.2) is 35.8 Å². The second kappa shape index (κ2) is 5.46. The molecule has 2 heteroatoms. The van der Waals surface area contributed by atoms with E-state index in [4.69, 9.17) is 0 Å². The third-order valence-corrected chi connectivity index (χ3v) is 3.70. The quantitative estimate of drug-likeness (QED) is 0.771. The predicted molar refractivity (Wildman–Crippen MR) is 65.9 cm³/mol. The molecule has 88 valence electrons. The highest BCUT2D eigenvalue weighted by Crippen LogP contribution is 2.22. The highest BCUT2D eigenvalue weighted by molar-refractivity contribution is 5.13. The largest absolute Gasteiger partial charge is 0.391 e. The Morgan fingerprint density at radius 1 is 1.00 bits per heavy atom. The van der Waals surface area contributed by atoms with Crippen molar-refractivity contribution >= 4 is 0 Å². The molecule has 1 N–H and O–H groups in total. The lowest BCUT2D eigenvalue weighted by Crippen LogP contribution is -2.52. The number of hydrogen-bond acceptors (Lipinski definition) is 1. The number of likely N-dealkylation sites (tertiary alicyclic amines) is 1. The van der Waals surface area contributed by atoms with Crippen molar-refractivity contribution in [2.45, 2.75) is 25.8 Å². The van der Waals surface area contributed by atoms with Crippen molar-refractivity contribution in [3.63, 3.8) is 0 Å². The van der Waals surface area contributed by atoms with E-state index in [1.54, 1.807) is 0 Å². The van der Waals surface area contributed by atoms with Gasteiger partial charge in [-0.05, 0) is 19.3 Å². The van der Waals surface area contributed by atoms with Crippen LogP contribution in [0.5, 0.6) is 0 Å². The minimum Gasteiger partial charge on any atom is -0.391 e. The Balaban J connectivity index is 2.07. The van der Waals surface area contributed by atoms with Gasteiger partial charge in [0.1, 0.15) is 13.1 Å². The molecule has 0 aromatic heterocycles. The van der Waals surface area contributed by atoms with Crippen molar-refractivity contribution in [2.24, 2.45) is 0 Å². The molecule has 0 saturated carbocycles. The lowest BCUT2D eigenvalue weighted by molar-refractivity contribution is -0.945. The van der Waals surface area contributed by atoms with Crippen molar-refractivity contribution in [1.29, 1.82) is 0 Å². The van der Waals surface area contributed by atoms with Crippen LogP contribution < -0.4 is 0 Å². The second-order valence-electron chi connectivity index (χ2n) is 4.94. The Bertz CT molecular complexity index is 298. The summed E-state index contributed by atoms with van der Waals surface area (Å²) in [5.74, 6) is 0. The Labute approximate surface area is 98.1 Å². The molecule has 0 bridgehead atoms. The van der Waals surface area contributed by atoms with Gasteiger partial charge in [-0.25, -0.2) is 0 Å². The van der Waals surface area contributed by atoms with Gasteiger partial charge in [0.05, 0.1) is 19.7 Å². The normalized spacial score (nSPS) is 19.6. The highest BCUT2D eigenvalue weighted by atomic mass is 16.3. The lowest BCUT2D eigenvalue weighted by atomic mass is 10.1. The first kappa shape index (κ1) is 11.6. The first-order valence-electron chi connectivity index (χ1n) is 6.35. The average molecular weight is 220 g/mol. The van der Waals surface area contributed by atoms with E-state index < -0.39 is 0 Å². The predicted octanol–water partition coefficient (Wildman–Crippen LogP) is 2.18. The standard InChI is InChI=1S/C14H22NO/c16-12-11-15(9-5-2-6-10-15)13-14-7-3-1-4-8-14/h1,3-4,7-8,16H,2,5-6,9-13H2/q+1. The number of benzene rings is 1. The zero-order valence-electron chi connectivity index (χ0n) is 9.94. The number of hydrogen-bond donors (Lipinski definition) is 1. The first-order chi connectivity index (χ1) is 7.85. The van der Waals surface area contributed by atoms with E-state index >= 15 is 0 Å². The molecule has 16 heavy (non-hydrogen) atoms. The number of piperidine rings is 1. The topological polar surface area (TPSA) is 20.2 Å². The van der Waals surface area contributed by atoms with Crippen molar-refractivity contribution in [3.8, 4) is 0 Å². The van der Waals surface area contributed by atoms with Gasteiger partial charge in [0.2, 0.25) is 0 Å². The molecule has 0 spiro atoms. The van der Waals surface area contributed by atoms with E-state index in [-0.39, 0.29) is 0 Å². The first-order valence-corrected chi connectivity index (χ1v) is 6.35. The molecule has 1 heterocycles. The summed E-state index contributed by atoms with van der Waals surface area (Å²) in [5.41, 5.74) is 1.40. The minimum atomic E-state index is 0.312. The zero-order chi connectivity index (χ0) is 11.3. The van der Waals surface area contributed by atoms with E-state index in [1.807, 2.05) is 0 Å². The summed E-state index contributed by atoms with van der Waals surface area (Å²) in [7, 11) is 0. The Hall–Kier alpha value is -0.860. The van der Waals surface area contributed by atoms with Gasteiger partial charge in [-0.1, -0.05) is 30.3 Å². The van der Waals surface area contributed by atoms with Gasteiger partial charge < -0.3 is 9.59 Å². The van der Waals surface area contributed by atoms with Gasteiger partial charge in [-0.3, -0.25) is 0 Å². The van der Waals surface area contributed by atoms with Crippen molar-refractivity contribution in [2.75, 3.05) is 26.2 Å². The molecular weight excluding hydrogens is 198 g/mol. The maximum Gasteiger partial charge on any atom is 0.104 e. The van der Waals surface area contributed by atoms with Gasteiger partial charge in [-0.15, -0.1) is 0 Å². The monoisotopic (exact) mass is 220 g/mol. The summed E-state index contributed by atoms with van der Waals surface area (Å²) in [6.07, 6.45) is 3.99. The van der Waals surface area contributed by atoms with Crippen molar-refractivity contribution in [1.82, 2.24) is 0 Å². The van der Waals surface area contributed by atoms with Crippen LogP contribution in [0, 0.1) is 0 Å². The molecule has 1 fully saturated rings. The van der Waals surface area contributed by atoms with Gasteiger partial charge in [-0.2, -0.15) is 0 Å². The van der Waals surface area contributed by atoms with Crippen LogP contribution >= 0.6 is 0 Å². The van der Waals surface area contributed by atoms with Gasteiger partial charge in [0.15, 0.2) is 0 Å². The molecule has 1 aliphatic heterocycles. The summed E-state index contributed by atoms with van der Waals surface area (Å²) >= 11 is 0. The van der Waals surface area contributed by atoms with Crippen molar-refractivity contribution in [3.05, 3.63) is 35.9 Å². The Morgan fingerprint density at radius 3 is 2.31 bits per heavy atom. The summed E-state index contributed by atoms with van der Waals surface area (Å²) < 4.78 is 1.08. The van der Waals surface area contributed by atoms with E-state index in [0.717, 1.165) is 17.6 Å². The average Bonchev–Trinajstić information content (AvgIpc) is 2.31. The molecule has 0 unspecified atom stereocenters. The van der Waals surface area contributed by atoms with Crippen molar-refractivity contribution < 1.29 is 9.59 Å². The summed E-state index contributed by atoms with van der Waals surface area (Å²) in [6, 6.07) is 10.7. The fourth-order valence-electron chi connectivity index (χ4n) is 2.83. The van der Waals surface area contributed by atoms with Gasteiger partial charge in [0, 0.05) is 5.56 Å². The minimum absolute atomic E-state index is 0.312. The maximum absolute atomic E-state index is 9.25. The number of nitrogens with zero attached hydrogens (tertiary/aromatic N) is 1.